The molecule has 24 heavy (non-hydrogen) atoms. The minimum absolute atomic E-state index is 0.0139. The van der Waals surface area contributed by atoms with Gasteiger partial charge in [-0.25, -0.2) is 0 Å². The first-order valence-electron chi connectivity index (χ1n) is 8.32. The van der Waals surface area contributed by atoms with Crippen LogP contribution in [0.1, 0.15) is 37.5 Å². The number of nitrogens with one attached hydrogen (secondary N) is 1. The van der Waals surface area contributed by atoms with E-state index in [-0.39, 0.29) is 11.8 Å². The number of carbonyl (C=O) groups is 1. The van der Waals surface area contributed by atoms with Gasteiger partial charge in [0.05, 0.1) is 12.8 Å². The van der Waals surface area contributed by atoms with Gasteiger partial charge in [-0.15, -0.1) is 0 Å². The molecule has 0 fully saturated rings. The van der Waals surface area contributed by atoms with E-state index in [2.05, 4.69) is 19.2 Å². The van der Waals surface area contributed by atoms with Crippen LogP contribution in [0.25, 0.3) is 0 Å². The molecule has 1 atom stereocenters. The molecule has 1 aromatic carbocycles. The lowest BCUT2D eigenvalue weighted by Crippen LogP contribution is -2.26. The Kier molecular flexibility index (Phi) is 5.08. The van der Waals surface area contributed by atoms with Crippen molar-refractivity contribution in [2.24, 2.45) is 5.92 Å². The van der Waals surface area contributed by atoms with Crippen molar-refractivity contribution in [1.29, 1.82) is 0 Å². The third-order valence-electron chi connectivity index (χ3n) is 4.24. The third kappa shape index (κ3) is 3.91. The average Bonchev–Trinajstić information content (AvgIpc) is 3.10. The SMILES string of the molecule is CC(C)C(CC(=O)NCc1ccco1)c1ccc2c(c1)OCCO2. The Morgan fingerprint density at radius 2 is 1.96 bits per heavy atom. The summed E-state index contributed by atoms with van der Waals surface area (Å²) in [6.07, 6.45) is 2.03. The van der Waals surface area contributed by atoms with E-state index in [1.165, 1.54) is 0 Å². The van der Waals surface area contributed by atoms with Crippen molar-refractivity contribution in [3.05, 3.63) is 47.9 Å². The number of hydrogen-bond donors (Lipinski definition) is 1. The predicted octanol–water partition coefficient (Wildman–Crippen LogP) is 3.50. The van der Waals surface area contributed by atoms with Crippen molar-refractivity contribution in [1.82, 2.24) is 5.32 Å². The highest BCUT2D eigenvalue weighted by atomic mass is 16.6. The predicted molar refractivity (Wildman–Crippen MR) is 90.2 cm³/mol. The Morgan fingerprint density at radius 1 is 1.17 bits per heavy atom. The number of ether oxygens (including phenoxy) is 2. The molecule has 0 aliphatic carbocycles. The number of carbonyl (C=O) groups excluding carboxylic acids is 1. The molecule has 2 heterocycles. The summed E-state index contributed by atoms with van der Waals surface area (Å²) in [5.74, 6) is 2.76. The Labute approximate surface area is 141 Å². The molecule has 0 saturated carbocycles. The maximum absolute atomic E-state index is 12.3. The first-order valence-corrected chi connectivity index (χ1v) is 8.32. The Morgan fingerprint density at radius 3 is 2.67 bits per heavy atom. The minimum atomic E-state index is 0.0139. The molecule has 1 aliphatic heterocycles. The molecule has 5 heteroatoms. The van der Waals surface area contributed by atoms with E-state index in [4.69, 9.17) is 13.9 Å². The van der Waals surface area contributed by atoms with Crippen LogP contribution in [0, 0.1) is 5.92 Å². The third-order valence-corrected chi connectivity index (χ3v) is 4.24. The molecule has 2 aromatic rings. The number of hydrogen-bond acceptors (Lipinski definition) is 4. The van der Waals surface area contributed by atoms with E-state index in [1.54, 1.807) is 6.26 Å². The molecule has 0 radical (unpaired) electrons. The van der Waals surface area contributed by atoms with Gasteiger partial charge in [-0.3, -0.25) is 4.79 Å². The van der Waals surface area contributed by atoms with Gasteiger partial charge in [0.2, 0.25) is 5.91 Å². The number of fused-ring (bicyclic) bond motifs is 1. The first-order chi connectivity index (χ1) is 11.6. The van der Waals surface area contributed by atoms with E-state index in [1.807, 2.05) is 30.3 Å². The van der Waals surface area contributed by atoms with Crippen molar-refractivity contribution in [3.63, 3.8) is 0 Å². The number of furan rings is 1. The van der Waals surface area contributed by atoms with Gasteiger partial charge in [-0.2, -0.15) is 0 Å². The summed E-state index contributed by atoms with van der Waals surface area (Å²) in [5, 5.41) is 2.91. The summed E-state index contributed by atoms with van der Waals surface area (Å²) in [6, 6.07) is 9.62. The summed E-state index contributed by atoms with van der Waals surface area (Å²) in [5.41, 5.74) is 1.10. The second-order valence-corrected chi connectivity index (χ2v) is 6.31. The normalized spacial score (nSPS) is 14.5. The monoisotopic (exact) mass is 329 g/mol. The molecule has 1 N–H and O–H groups in total. The van der Waals surface area contributed by atoms with E-state index in [0.717, 1.165) is 22.8 Å². The first kappa shape index (κ1) is 16.4. The van der Waals surface area contributed by atoms with Crippen molar-refractivity contribution in [2.75, 3.05) is 13.2 Å². The molecule has 1 aromatic heterocycles. The van der Waals surface area contributed by atoms with E-state index >= 15 is 0 Å². The van der Waals surface area contributed by atoms with E-state index in [0.29, 0.717) is 32.1 Å². The number of amides is 1. The van der Waals surface area contributed by atoms with Crippen molar-refractivity contribution < 1.29 is 18.7 Å². The summed E-state index contributed by atoms with van der Waals surface area (Å²) in [4.78, 5) is 12.3. The molecule has 128 valence electrons. The zero-order valence-corrected chi connectivity index (χ0v) is 14.1. The molecule has 1 unspecified atom stereocenters. The van der Waals surface area contributed by atoms with Gasteiger partial charge in [0.15, 0.2) is 11.5 Å². The fourth-order valence-corrected chi connectivity index (χ4v) is 2.90. The minimum Gasteiger partial charge on any atom is -0.486 e. The summed E-state index contributed by atoms with van der Waals surface area (Å²) >= 11 is 0. The van der Waals surface area contributed by atoms with E-state index in [9.17, 15) is 4.79 Å². The second kappa shape index (κ2) is 7.43. The second-order valence-electron chi connectivity index (χ2n) is 6.31. The smallest absolute Gasteiger partial charge is 0.220 e. The molecule has 3 rings (SSSR count). The van der Waals surface area contributed by atoms with Crippen LogP contribution in [-0.4, -0.2) is 19.1 Å². The van der Waals surface area contributed by atoms with Gasteiger partial charge < -0.3 is 19.2 Å². The molecule has 0 spiro atoms. The maximum atomic E-state index is 12.3. The van der Waals surface area contributed by atoms with Crippen LogP contribution in [0.5, 0.6) is 11.5 Å². The van der Waals surface area contributed by atoms with Crippen LogP contribution in [-0.2, 0) is 11.3 Å². The van der Waals surface area contributed by atoms with Gasteiger partial charge in [0, 0.05) is 6.42 Å². The van der Waals surface area contributed by atoms with Crippen molar-refractivity contribution >= 4 is 5.91 Å². The van der Waals surface area contributed by atoms with Crippen LogP contribution >= 0.6 is 0 Å². The topological polar surface area (TPSA) is 60.7 Å². The standard InChI is InChI=1S/C19H23NO4/c1-13(2)16(11-19(21)20-12-15-4-3-7-22-15)14-5-6-17-18(10-14)24-9-8-23-17/h3-7,10,13,16H,8-9,11-12H2,1-2H3,(H,20,21). The summed E-state index contributed by atoms with van der Waals surface area (Å²) in [7, 11) is 0. The lowest BCUT2D eigenvalue weighted by Gasteiger charge is -2.24. The van der Waals surface area contributed by atoms with Crippen LogP contribution in [0.3, 0.4) is 0 Å². The average molecular weight is 329 g/mol. The molecule has 0 saturated heterocycles. The highest BCUT2D eigenvalue weighted by Gasteiger charge is 2.22. The Bertz CT molecular complexity index is 679. The highest BCUT2D eigenvalue weighted by molar-refractivity contribution is 5.77. The van der Waals surface area contributed by atoms with Crippen LogP contribution in [0.2, 0.25) is 0 Å². The summed E-state index contributed by atoms with van der Waals surface area (Å²) in [6.45, 7) is 5.81. The Hall–Kier alpha value is -2.43. The molecular formula is C19H23NO4. The van der Waals surface area contributed by atoms with Gasteiger partial charge in [-0.1, -0.05) is 19.9 Å². The highest BCUT2D eigenvalue weighted by Crippen LogP contribution is 2.36. The van der Waals surface area contributed by atoms with Gasteiger partial charge in [-0.05, 0) is 41.7 Å². The summed E-state index contributed by atoms with van der Waals surface area (Å²) < 4.78 is 16.5. The van der Waals surface area contributed by atoms with Crippen molar-refractivity contribution in [3.8, 4) is 11.5 Å². The number of benzene rings is 1. The molecule has 5 nitrogen and oxygen atoms in total. The van der Waals surface area contributed by atoms with Crippen LogP contribution in [0.4, 0.5) is 0 Å². The lowest BCUT2D eigenvalue weighted by atomic mass is 9.85. The van der Waals surface area contributed by atoms with Gasteiger partial charge in [0.25, 0.3) is 0 Å². The molecule has 1 amide bonds. The maximum Gasteiger partial charge on any atom is 0.220 e. The molecule has 1 aliphatic rings. The lowest BCUT2D eigenvalue weighted by molar-refractivity contribution is -0.121. The quantitative estimate of drug-likeness (QED) is 0.881. The van der Waals surface area contributed by atoms with Crippen molar-refractivity contribution in [2.45, 2.75) is 32.7 Å². The largest absolute Gasteiger partial charge is 0.486 e. The zero-order chi connectivity index (χ0) is 16.9. The van der Waals surface area contributed by atoms with Crippen LogP contribution in [0.15, 0.2) is 41.0 Å². The van der Waals surface area contributed by atoms with Gasteiger partial charge >= 0.3 is 0 Å². The van der Waals surface area contributed by atoms with Gasteiger partial charge in [0.1, 0.15) is 19.0 Å². The fraction of sp³-hybridized carbons (Fsp3) is 0.421. The molecular weight excluding hydrogens is 306 g/mol. The fourth-order valence-electron chi connectivity index (χ4n) is 2.90. The Balaban J connectivity index is 1.67. The van der Waals surface area contributed by atoms with Crippen LogP contribution < -0.4 is 14.8 Å². The van der Waals surface area contributed by atoms with E-state index < -0.39 is 0 Å². The zero-order valence-electron chi connectivity index (χ0n) is 14.1. The number of rotatable bonds is 6. The molecule has 0 bridgehead atoms.